The molecule has 0 spiro atoms. The molecule has 1 heterocycles. The van der Waals surface area contributed by atoms with Crippen LogP contribution in [0, 0.1) is 0 Å². The third kappa shape index (κ3) is 3.54. The Balaban J connectivity index is 2.55. The van der Waals surface area contributed by atoms with Crippen molar-refractivity contribution < 1.29 is 24.5 Å². The maximum Gasteiger partial charge on any atom is 0.318 e. The number of anilines is 1. The Morgan fingerprint density at radius 2 is 1.96 bits per heavy atom. The van der Waals surface area contributed by atoms with Crippen LogP contribution in [0.5, 0.6) is 6.01 Å². The molecule has 2 rings (SSSR count). The molecule has 8 nitrogen and oxygen atoms in total. The highest BCUT2D eigenvalue weighted by atomic mass is 16.5. The zero-order valence-electron chi connectivity index (χ0n) is 12.5. The molecule has 120 valence electrons. The fourth-order valence-corrected chi connectivity index (χ4v) is 1.92. The van der Waals surface area contributed by atoms with Crippen LogP contribution >= 0.6 is 0 Å². The Bertz CT molecular complexity index is 785. The van der Waals surface area contributed by atoms with E-state index in [1.165, 1.54) is 7.11 Å². The molecule has 0 saturated carbocycles. The first-order chi connectivity index (χ1) is 11.0. The number of carbonyl (C=O) groups excluding carboxylic acids is 2. The summed E-state index contributed by atoms with van der Waals surface area (Å²) < 4.78 is 4.98. The average Bonchev–Trinajstić information content (AvgIpc) is 2.53. The van der Waals surface area contributed by atoms with Crippen molar-refractivity contribution in [3.63, 3.8) is 0 Å². The predicted molar refractivity (Wildman–Crippen MR) is 77.2 cm³/mol. The number of benzene rings is 1. The minimum Gasteiger partial charge on any atom is -0.545 e. The van der Waals surface area contributed by atoms with Gasteiger partial charge in [-0.3, -0.25) is 0 Å². The van der Waals surface area contributed by atoms with E-state index in [1.807, 2.05) is 19.1 Å². The SMILES string of the molecule is CCc1ccc2nc(OC)nc(NC=C(C(=O)[O-])C(=O)[O-])c2c1. The highest BCUT2D eigenvalue weighted by molar-refractivity contribution is 6.11. The lowest BCUT2D eigenvalue weighted by molar-refractivity contribution is -0.312. The summed E-state index contributed by atoms with van der Waals surface area (Å²) in [5, 5.41) is 24.6. The normalized spacial score (nSPS) is 10.2. The van der Waals surface area contributed by atoms with E-state index >= 15 is 0 Å². The number of carboxylic acids is 2. The Kier molecular flexibility index (Phi) is 4.75. The van der Waals surface area contributed by atoms with Gasteiger partial charge in [-0.15, -0.1) is 0 Å². The van der Waals surface area contributed by atoms with Gasteiger partial charge < -0.3 is 29.9 Å². The summed E-state index contributed by atoms with van der Waals surface area (Å²) in [6.07, 6.45) is 1.53. The Labute approximate surface area is 131 Å². The molecule has 1 N–H and O–H groups in total. The summed E-state index contributed by atoms with van der Waals surface area (Å²) in [4.78, 5) is 29.7. The van der Waals surface area contributed by atoms with Gasteiger partial charge in [-0.25, -0.2) is 0 Å². The maximum atomic E-state index is 10.8. The molecule has 0 bridgehead atoms. The molecule has 1 aromatic carbocycles. The van der Waals surface area contributed by atoms with Gasteiger partial charge in [0.1, 0.15) is 5.82 Å². The summed E-state index contributed by atoms with van der Waals surface area (Å²) in [5.41, 5.74) is 0.550. The number of hydrogen-bond donors (Lipinski definition) is 1. The number of fused-ring (bicyclic) bond motifs is 1. The second-order valence-electron chi connectivity index (χ2n) is 4.54. The van der Waals surface area contributed by atoms with Gasteiger partial charge in [0.15, 0.2) is 0 Å². The molecule has 0 aliphatic heterocycles. The molecule has 0 aliphatic rings. The number of rotatable bonds is 6. The largest absolute Gasteiger partial charge is 0.545 e. The summed E-state index contributed by atoms with van der Waals surface area (Å²) in [6, 6.07) is 5.54. The van der Waals surface area contributed by atoms with Gasteiger partial charge in [0, 0.05) is 17.2 Å². The van der Waals surface area contributed by atoms with E-state index in [4.69, 9.17) is 4.74 Å². The second-order valence-corrected chi connectivity index (χ2v) is 4.54. The van der Waals surface area contributed by atoms with E-state index in [1.54, 1.807) is 6.07 Å². The first kappa shape index (κ1) is 16.2. The minimum atomic E-state index is -1.86. The van der Waals surface area contributed by atoms with Gasteiger partial charge in [-0.2, -0.15) is 9.97 Å². The molecule has 1 aromatic heterocycles. The van der Waals surface area contributed by atoms with Crippen LogP contribution in [0.15, 0.2) is 30.0 Å². The number of carbonyl (C=O) groups is 2. The van der Waals surface area contributed by atoms with Crippen LogP contribution in [0.2, 0.25) is 0 Å². The van der Waals surface area contributed by atoms with Crippen molar-refractivity contribution in [1.29, 1.82) is 0 Å². The second kappa shape index (κ2) is 6.73. The van der Waals surface area contributed by atoms with Gasteiger partial charge in [0.05, 0.1) is 24.6 Å². The standard InChI is InChI=1S/C15H15N3O5/c1-3-8-4-5-11-9(6-8)12(18-15(17-11)23-2)16-7-10(13(19)20)14(21)22/h4-7H,3H2,1-2H3,(H,19,20)(H,21,22)(H,16,17,18)/p-2. The van der Waals surface area contributed by atoms with E-state index in [-0.39, 0.29) is 11.8 Å². The number of nitrogens with one attached hydrogen (secondary N) is 1. The first-order valence-corrected chi connectivity index (χ1v) is 6.70. The first-order valence-electron chi connectivity index (χ1n) is 6.70. The number of aromatic nitrogens is 2. The number of carboxylic acid groups (broad SMARTS) is 2. The summed E-state index contributed by atoms with van der Waals surface area (Å²) in [6.45, 7) is 1.98. The highest BCUT2D eigenvalue weighted by Crippen LogP contribution is 2.24. The van der Waals surface area contributed by atoms with Gasteiger partial charge >= 0.3 is 6.01 Å². The fraction of sp³-hybridized carbons (Fsp3) is 0.200. The predicted octanol–water partition coefficient (Wildman–Crippen LogP) is -1.00. The number of aryl methyl sites for hydroxylation is 1. The van der Waals surface area contributed by atoms with Crippen molar-refractivity contribution in [3.8, 4) is 6.01 Å². The monoisotopic (exact) mass is 315 g/mol. The van der Waals surface area contributed by atoms with Crippen LogP contribution in [0.4, 0.5) is 5.82 Å². The Morgan fingerprint density at radius 1 is 1.26 bits per heavy atom. The minimum absolute atomic E-state index is 0.0566. The summed E-state index contributed by atoms with van der Waals surface area (Å²) in [7, 11) is 1.38. The average molecular weight is 315 g/mol. The number of hydrogen-bond acceptors (Lipinski definition) is 8. The van der Waals surface area contributed by atoms with Crippen LogP contribution in [0.1, 0.15) is 12.5 Å². The van der Waals surface area contributed by atoms with E-state index in [0.29, 0.717) is 10.9 Å². The molecule has 0 amide bonds. The fourth-order valence-electron chi connectivity index (χ4n) is 1.92. The molecular weight excluding hydrogens is 302 g/mol. The molecule has 0 fully saturated rings. The third-order valence-electron chi connectivity index (χ3n) is 3.12. The molecule has 2 aromatic rings. The van der Waals surface area contributed by atoms with Crippen molar-refractivity contribution in [2.45, 2.75) is 13.3 Å². The lowest BCUT2D eigenvalue weighted by Gasteiger charge is -2.12. The summed E-state index contributed by atoms with van der Waals surface area (Å²) in [5.74, 6) is -3.52. The van der Waals surface area contributed by atoms with E-state index in [2.05, 4.69) is 15.3 Å². The number of nitrogens with zero attached hydrogens (tertiary/aromatic N) is 2. The van der Waals surface area contributed by atoms with Crippen LogP contribution in [0.25, 0.3) is 10.9 Å². The van der Waals surface area contributed by atoms with Gasteiger partial charge in [0.25, 0.3) is 0 Å². The molecular formula is C15H13N3O5-2. The highest BCUT2D eigenvalue weighted by Gasteiger charge is 2.09. The molecule has 8 heteroatoms. The number of aliphatic carboxylic acids is 2. The van der Waals surface area contributed by atoms with Crippen molar-refractivity contribution in [1.82, 2.24) is 9.97 Å². The van der Waals surface area contributed by atoms with Crippen molar-refractivity contribution >= 4 is 28.7 Å². The topological polar surface area (TPSA) is 127 Å². The lowest BCUT2D eigenvalue weighted by Crippen LogP contribution is -2.36. The van der Waals surface area contributed by atoms with E-state index < -0.39 is 17.5 Å². The van der Waals surface area contributed by atoms with E-state index in [9.17, 15) is 19.8 Å². The summed E-state index contributed by atoms with van der Waals surface area (Å²) >= 11 is 0. The molecule has 0 unspecified atom stereocenters. The molecule has 0 radical (unpaired) electrons. The molecule has 0 saturated heterocycles. The maximum absolute atomic E-state index is 10.8. The zero-order valence-corrected chi connectivity index (χ0v) is 12.5. The quantitative estimate of drug-likeness (QED) is 0.408. The molecule has 0 aliphatic carbocycles. The van der Waals surface area contributed by atoms with Crippen molar-refractivity contribution in [2.24, 2.45) is 0 Å². The number of ether oxygens (including phenoxy) is 1. The third-order valence-corrected chi connectivity index (χ3v) is 3.12. The molecule has 0 atom stereocenters. The van der Waals surface area contributed by atoms with Gasteiger partial charge in [-0.05, 0) is 24.1 Å². The van der Waals surface area contributed by atoms with Crippen LogP contribution in [-0.2, 0) is 16.0 Å². The van der Waals surface area contributed by atoms with Gasteiger partial charge in [-0.1, -0.05) is 13.0 Å². The van der Waals surface area contributed by atoms with Gasteiger partial charge in [0.2, 0.25) is 0 Å². The van der Waals surface area contributed by atoms with E-state index in [0.717, 1.165) is 18.2 Å². The zero-order chi connectivity index (χ0) is 17.0. The number of methoxy groups -OCH3 is 1. The Morgan fingerprint density at radius 3 is 2.52 bits per heavy atom. The molecule has 23 heavy (non-hydrogen) atoms. The van der Waals surface area contributed by atoms with Crippen LogP contribution in [0.3, 0.4) is 0 Å². The van der Waals surface area contributed by atoms with Crippen LogP contribution < -0.4 is 20.3 Å². The van der Waals surface area contributed by atoms with Crippen molar-refractivity contribution in [2.75, 3.05) is 12.4 Å². The smallest absolute Gasteiger partial charge is 0.318 e. The Hall–Kier alpha value is -3.16. The van der Waals surface area contributed by atoms with Crippen molar-refractivity contribution in [3.05, 3.63) is 35.5 Å². The lowest BCUT2D eigenvalue weighted by atomic mass is 10.1. The van der Waals surface area contributed by atoms with Crippen LogP contribution in [-0.4, -0.2) is 29.0 Å².